The monoisotopic (exact) mass is 457 g/mol. The zero-order valence-electron chi connectivity index (χ0n) is 17.8. The lowest BCUT2D eigenvalue weighted by atomic mass is 10.1. The third-order valence-corrected chi connectivity index (χ3v) is 8.29. The molecule has 0 N–H and O–H groups in total. The van der Waals surface area contributed by atoms with Crippen molar-refractivity contribution in [3.8, 4) is 0 Å². The van der Waals surface area contributed by atoms with E-state index in [9.17, 15) is 13.2 Å². The summed E-state index contributed by atoms with van der Waals surface area (Å²) in [5.41, 5.74) is 1.21. The maximum atomic E-state index is 13.5. The standard InChI is InChI=1S/C23H27N3O3S2/c1-17(2)16-26(23-24-20-11-4-5-12-21(20)30-23)22(27)18-9-8-10-19(15-18)31(28,29)25-13-6-3-7-14-25/h4-5,8-12,15,17H,3,6-7,13-14,16H2,1-2H3. The SMILES string of the molecule is CC(C)CN(C(=O)c1cccc(S(=O)(=O)N2CCCCC2)c1)c1nc2ccccc2s1. The normalized spacial score (nSPS) is 15.5. The second-order valence-electron chi connectivity index (χ2n) is 8.27. The minimum atomic E-state index is -3.60. The Morgan fingerprint density at radius 3 is 2.55 bits per heavy atom. The lowest BCUT2D eigenvalue weighted by molar-refractivity contribution is 0.0983. The molecule has 1 aromatic heterocycles. The fourth-order valence-electron chi connectivity index (χ4n) is 3.79. The number of benzene rings is 2. The lowest BCUT2D eigenvalue weighted by Gasteiger charge is -2.26. The molecule has 0 radical (unpaired) electrons. The number of para-hydroxylation sites is 1. The van der Waals surface area contributed by atoms with E-state index in [1.807, 2.05) is 38.1 Å². The number of carbonyl (C=O) groups is 1. The van der Waals surface area contributed by atoms with E-state index < -0.39 is 10.0 Å². The van der Waals surface area contributed by atoms with Crippen LogP contribution in [-0.4, -0.2) is 43.2 Å². The highest BCUT2D eigenvalue weighted by Crippen LogP contribution is 2.30. The van der Waals surface area contributed by atoms with Gasteiger partial charge < -0.3 is 0 Å². The van der Waals surface area contributed by atoms with E-state index in [0.29, 0.717) is 30.3 Å². The predicted octanol–water partition coefficient (Wildman–Crippen LogP) is 4.77. The predicted molar refractivity (Wildman–Crippen MR) is 125 cm³/mol. The van der Waals surface area contributed by atoms with Crippen LogP contribution in [0.25, 0.3) is 10.2 Å². The number of sulfonamides is 1. The summed E-state index contributed by atoms with van der Waals surface area (Å²) in [4.78, 5) is 20.0. The number of anilines is 1. The molecule has 1 saturated heterocycles. The van der Waals surface area contributed by atoms with Crippen LogP contribution in [0.2, 0.25) is 0 Å². The Morgan fingerprint density at radius 1 is 1.10 bits per heavy atom. The molecule has 1 aliphatic heterocycles. The number of carbonyl (C=O) groups excluding carboxylic acids is 1. The molecule has 2 heterocycles. The summed E-state index contributed by atoms with van der Waals surface area (Å²) in [5.74, 6) is -0.000298. The molecule has 0 aliphatic carbocycles. The Balaban J connectivity index is 1.68. The van der Waals surface area contributed by atoms with Crippen molar-refractivity contribution in [2.45, 2.75) is 38.0 Å². The van der Waals surface area contributed by atoms with Crippen LogP contribution in [0.5, 0.6) is 0 Å². The lowest BCUT2D eigenvalue weighted by Crippen LogP contribution is -2.36. The van der Waals surface area contributed by atoms with Gasteiger partial charge in [-0.1, -0.05) is 49.8 Å². The molecule has 0 unspecified atom stereocenters. The summed E-state index contributed by atoms with van der Waals surface area (Å²) in [6, 6.07) is 14.2. The molecule has 8 heteroatoms. The summed E-state index contributed by atoms with van der Waals surface area (Å²) in [6.45, 7) is 5.66. The fourth-order valence-corrected chi connectivity index (χ4v) is 6.32. The van der Waals surface area contributed by atoms with Gasteiger partial charge in [0.25, 0.3) is 5.91 Å². The quantitative estimate of drug-likeness (QED) is 0.534. The van der Waals surface area contributed by atoms with Crippen molar-refractivity contribution in [2.24, 2.45) is 5.92 Å². The van der Waals surface area contributed by atoms with E-state index in [2.05, 4.69) is 4.98 Å². The molecule has 0 saturated carbocycles. The minimum absolute atomic E-state index is 0.175. The highest BCUT2D eigenvalue weighted by molar-refractivity contribution is 7.89. The van der Waals surface area contributed by atoms with Gasteiger partial charge in [-0.3, -0.25) is 9.69 Å². The number of nitrogens with zero attached hydrogens (tertiary/aromatic N) is 3. The molecule has 6 nitrogen and oxygen atoms in total. The fraction of sp³-hybridized carbons (Fsp3) is 0.391. The largest absolute Gasteiger partial charge is 0.284 e. The number of hydrogen-bond acceptors (Lipinski definition) is 5. The van der Waals surface area contributed by atoms with Crippen LogP contribution in [0.3, 0.4) is 0 Å². The van der Waals surface area contributed by atoms with Crippen LogP contribution >= 0.6 is 11.3 Å². The first kappa shape index (κ1) is 21.9. The van der Waals surface area contributed by atoms with Crippen molar-refractivity contribution < 1.29 is 13.2 Å². The average Bonchev–Trinajstić information content (AvgIpc) is 3.21. The Morgan fingerprint density at radius 2 is 1.84 bits per heavy atom. The molecule has 1 aliphatic rings. The number of hydrogen-bond donors (Lipinski definition) is 0. The Hall–Kier alpha value is -2.29. The van der Waals surface area contributed by atoms with E-state index >= 15 is 0 Å². The van der Waals surface area contributed by atoms with Gasteiger partial charge in [0.05, 0.1) is 15.1 Å². The van der Waals surface area contributed by atoms with Crippen molar-refractivity contribution in [3.63, 3.8) is 0 Å². The smallest absolute Gasteiger partial charge is 0.260 e. The van der Waals surface area contributed by atoms with Gasteiger partial charge in [-0.15, -0.1) is 0 Å². The van der Waals surface area contributed by atoms with Gasteiger partial charge in [0.1, 0.15) is 0 Å². The van der Waals surface area contributed by atoms with Gasteiger partial charge in [0, 0.05) is 25.2 Å². The van der Waals surface area contributed by atoms with Crippen LogP contribution in [0.4, 0.5) is 5.13 Å². The molecule has 3 aromatic rings. The van der Waals surface area contributed by atoms with Gasteiger partial charge in [-0.05, 0) is 49.1 Å². The third-order valence-electron chi connectivity index (χ3n) is 5.34. The number of thiazole rings is 1. The highest BCUT2D eigenvalue weighted by atomic mass is 32.2. The summed E-state index contributed by atoms with van der Waals surface area (Å²) in [5, 5.41) is 0.629. The van der Waals surface area contributed by atoms with Gasteiger partial charge in [-0.2, -0.15) is 4.31 Å². The number of rotatable bonds is 6. The van der Waals surface area contributed by atoms with E-state index in [-0.39, 0.29) is 16.7 Å². The van der Waals surface area contributed by atoms with Gasteiger partial charge >= 0.3 is 0 Å². The van der Waals surface area contributed by atoms with Crippen LogP contribution in [0, 0.1) is 5.92 Å². The Kier molecular flexibility index (Phi) is 6.41. The zero-order chi connectivity index (χ0) is 22.0. The number of amides is 1. The average molecular weight is 458 g/mol. The maximum Gasteiger partial charge on any atom is 0.260 e. The Labute approximate surface area is 187 Å². The van der Waals surface area contributed by atoms with Crippen LogP contribution in [0.15, 0.2) is 53.4 Å². The number of fused-ring (bicyclic) bond motifs is 1. The topological polar surface area (TPSA) is 70.6 Å². The van der Waals surface area contributed by atoms with Crippen molar-refractivity contribution in [1.29, 1.82) is 0 Å². The van der Waals surface area contributed by atoms with E-state index in [0.717, 1.165) is 29.5 Å². The van der Waals surface area contributed by atoms with Gasteiger partial charge in [-0.25, -0.2) is 13.4 Å². The molecule has 1 fully saturated rings. The first-order chi connectivity index (χ1) is 14.9. The van der Waals surface area contributed by atoms with Crippen molar-refractivity contribution in [3.05, 3.63) is 54.1 Å². The second kappa shape index (κ2) is 9.06. The third kappa shape index (κ3) is 4.66. The molecule has 1 amide bonds. The molecule has 0 bridgehead atoms. The molecule has 4 rings (SSSR count). The van der Waals surface area contributed by atoms with E-state index in [4.69, 9.17) is 0 Å². The van der Waals surface area contributed by atoms with Crippen LogP contribution in [-0.2, 0) is 10.0 Å². The minimum Gasteiger partial charge on any atom is -0.284 e. The summed E-state index contributed by atoms with van der Waals surface area (Å²) in [6.07, 6.45) is 2.80. The summed E-state index contributed by atoms with van der Waals surface area (Å²) in [7, 11) is -3.60. The Bertz CT molecular complexity index is 1150. The molecule has 2 aromatic carbocycles. The first-order valence-electron chi connectivity index (χ1n) is 10.6. The van der Waals surface area contributed by atoms with Gasteiger partial charge in [0.2, 0.25) is 10.0 Å². The molecule has 164 valence electrons. The van der Waals surface area contributed by atoms with E-state index in [1.165, 1.54) is 21.7 Å². The summed E-state index contributed by atoms with van der Waals surface area (Å²) >= 11 is 1.47. The number of piperidine rings is 1. The number of aromatic nitrogens is 1. The zero-order valence-corrected chi connectivity index (χ0v) is 19.5. The molecule has 31 heavy (non-hydrogen) atoms. The molecule has 0 atom stereocenters. The molecule has 0 spiro atoms. The van der Waals surface area contributed by atoms with Gasteiger partial charge in [0.15, 0.2) is 5.13 Å². The van der Waals surface area contributed by atoms with E-state index in [1.54, 1.807) is 23.1 Å². The second-order valence-corrected chi connectivity index (χ2v) is 11.2. The van der Waals surface area contributed by atoms with Crippen LogP contribution < -0.4 is 4.90 Å². The van der Waals surface area contributed by atoms with Crippen molar-refractivity contribution in [2.75, 3.05) is 24.5 Å². The maximum absolute atomic E-state index is 13.5. The summed E-state index contributed by atoms with van der Waals surface area (Å²) < 4.78 is 28.7. The highest BCUT2D eigenvalue weighted by Gasteiger charge is 2.28. The molecular formula is C23H27N3O3S2. The molecular weight excluding hydrogens is 430 g/mol. The van der Waals surface area contributed by atoms with Crippen molar-refractivity contribution >= 4 is 42.6 Å². The first-order valence-corrected chi connectivity index (χ1v) is 12.9. The van der Waals surface area contributed by atoms with Crippen LogP contribution in [0.1, 0.15) is 43.5 Å². The van der Waals surface area contributed by atoms with Crippen molar-refractivity contribution in [1.82, 2.24) is 9.29 Å².